The molecule has 2 rings (SSSR count). The highest BCUT2D eigenvalue weighted by Gasteiger charge is 1.98. The lowest BCUT2D eigenvalue weighted by molar-refractivity contribution is 0.543. The number of aryl methyl sites for hydroxylation is 1. The molecule has 96 valence electrons. The van der Waals surface area contributed by atoms with Gasteiger partial charge in [0.2, 0.25) is 0 Å². The lowest BCUT2D eigenvalue weighted by Gasteiger charge is -2.06. The zero-order valence-corrected chi connectivity index (χ0v) is 11.5. The van der Waals surface area contributed by atoms with Crippen molar-refractivity contribution >= 4 is 23.2 Å². The summed E-state index contributed by atoms with van der Waals surface area (Å²) in [6.45, 7) is 2.64. The summed E-state index contributed by atoms with van der Waals surface area (Å²) in [6.07, 6.45) is 4.80. The molecule has 3 nitrogen and oxygen atoms in total. The van der Waals surface area contributed by atoms with Gasteiger partial charge in [0.1, 0.15) is 0 Å². The van der Waals surface area contributed by atoms with Gasteiger partial charge in [-0.15, -0.1) is 0 Å². The minimum Gasteiger partial charge on any atom is -0.313 e. The van der Waals surface area contributed by atoms with E-state index in [1.54, 1.807) is 12.3 Å². The maximum atomic E-state index is 5.93. The molecular formula is C13H15Cl2N3. The summed E-state index contributed by atoms with van der Waals surface area (Å²) < 4.78 is 1.93. The first kappa shape index (κ1) is 13.4. The van der Waals surface area contributed by atoms with Crippen LogP contribution in [0.5, 0.6) is 0 Å². The summed E-state index contributed by atoms with van der Waals surface area (Å²) in [4.78, 5) is 0. The number of halogens is 2. The van der Waals surface area contributed by atoms with Crippen molar-refractivity contribution in [1.82, 2.24) is 15.1 Å². The third-order valence-electron chi connectivity index (χ3n) is 2.55. The maximum absolute atomic E-state index is 5.93. The van der Waals surface area contributed by atoms with Gasteiger partial charge in [-0.05, 0) is 42.8 Å². The van der Waals surface area contributed by atoms with Crippen molar-refractivity contribution in [2.75, 3.05) is 6.54 Å². The third kappa shape index (κ3) is 4.33. The number of rotatable bonds is 6. The van der Waals surface area contributed by atoms with Gasteiger partial charge < -0.3 is 5.32 Å². The van der Waals surface area contributed by atoms with Crippen molar-refractivity contribution in [2.45, 2.75) is 19.5 Å². The smallest absolute Gasteiger partial charge is 0.0489 e. The van der Waals surface area contributed by atoms with Gasteiger partial charge in [-0.3, -0.25) is 4.68 Å². The normalized spacial score (nSPS) is 10.8. The number of hydrogen-bond acceptors (Lipinski definition) is 2. The van der Waals surface area contributed by atoms with E-state index in [9.17, 15) is 0 Å². The average Bonchev–Trinajstić information content (AvgIpc) is 2.80. The van der Waals surface area contributed by atoms with Crippen LogP contribution in [0.1, 0.15) is 12.0 Å². The molecule has 0 spiro atoms. The Labute approximate surface area is 117 Å². The highest BCUT2D eigenvalue weighted by molar-refractivity contribution is 6.34. The first-order valence-electron chi connectivity index (χ1n) is 5.87. The second-order valence-electron chi connectivity index (χ2n) is 4.08. The zero-order valence-electron chi connectivity index (χ0n) is 9.94. The maximum Gasteiger partial charge on any atom is 0.0489 e. The van der Waals surface area contributed by atoms with Crippen LogP contribution in [-0.2, 0) is 13.1 Å². The van der Waals surface area contributed by atoms with E-state index in [4.69, 9.17) is 23.2 Å². The molecule has 1 aromatic carbocycles. The largest absolute Gasteiger partial charge is 0.313 e. The molecule has 0 amide bonds. The molecule has 5 heteroatoms. The van der Waals surface area contributed by atoms with E-state index >= 15 is 0 Å². The fourth-order valence-electron chi connectivity index (χ4n) is 1.74. The number of nitrogens with one attached hydrogen (secondary N) is 1. The molecule has 0 aliphatic rings. The van der Waals surface area contributed by atoms with Crippen LogP contribution in [0.4, 0.5) is 0 Å². The molecule has 2 aromatic rings. The van der Waals surface area contributed by atoms with Gasteiger partial charge in [0.25, 0.3) is 0 Å². The zero-order chi connectivity index (χ0) is 12.8. The van der Waals surface area contributed by atoms with Gasteiger partial charge in [0.15, 0.2) is 0 Å². The molecule has 18 heavy (non-hydrogen) atoms. The quantitative estimate of drug-likeness (QED) is 0.824. The molecule has 0 atom stereocenters. The van der Waals surface area contributed by atoms with E-state index < -0.39 is 0 Å². The van der Waals surface area contributed by atoms with E-state index in [0.29, 0.717) is 10.0 Å². The summed E-state index contributed by atoms with van der Waals surface area (Å²) in [7, 11) is 0. The molecule has 0 aliphatic heterocycles. The summed E-state index contributed by atoms with van der Waals surface area (Å²) in [5.74, 6) is 0. The second-order valence-corrected chi connectivity index (χ2v) is 4.95. The van der Waals surface area contributed by atoms with Crippen LogP contribution in [0.15, 0.2) is 36.7 Å². The van der Waals surface area contributed by atoms with Crippen LogP contribution in [0.2, 0.25) is 10.0 Å². The van der Waals surface area contributed by atoms with E-state index in [0.717, 1.165) is 31.6 Å². The lowest BCUT2D eigenvalue weighted by atomic mass is 10.2. The summed E-state index contributed by atoms with van der Waals surface area (Å²) in [5, 5.41) is 8.86. The van der Waals surface area contributed by atoms with Crippen molar-refractivity contribution in [3.05, 3.63) is 52.3 Å². The second kappa shape index (κ2) is 6.78. The third-order valence-corrected chi connectivity index (χ3v) is 2.99. The number of nitrogens with zero attached hydrogens (tertiary/aromatic N) is 2. The van der Waals surface area contributed by atoms with Crippen molar-refractivity contribution in [2.24, 2.45) is 0 Å². The van der Waals surface area contributed by atoms with Crippen molar-refractivity contribution in [3.8, 4) is 0 Å². The Morgan fingerprint density at radius 3 is 2.61 bits per heavy atom. The van der Waals surface area contributed by atoms with Crippen molar-refractivity contribution in [1.29, 1.82) is 0 Å². The SMILES string of the molecule is Clc1cc(Cl)cc(CNCCCn2cccn2)c1. The highest BCUT2D eigenvalue weighted by atomic mass is 35.5. The fraction of sp³-hybridized carbons (Fsp3) is 0.308. The summed E-state index contributed by atoms with van der Waals surface area (Å²) >= 11 is 11.9. The van der Waals surface area contributed by atoms with Gasteiger partial charge in [-0.2, -0.15) is 5.10 Å². The summed E-state index contributed by atoms with van der Waals surface area (Å²) in [6, 6.07) is 7.52. The van der Waals surface area contributed by atoms with Crippen LogP contribution in [-0.4, -0.2) is 16.3 Å². The Balaban J connectivity index is 1.68. The van der Waals surface area contributed by atoms with Crippen molar-refractivity contribution < 1.29 is 0 Å². The molecule has 1 heterocycles. The van der Waals surface area contributed by atoms with Crippen LogP contribution in [0.25, 0.3) is 0 Å². The summed E-state index contributed by atoms with van der Waals surface area (Å²) in [5.41, 5.74) is 1.10. The monoisotopic (exact) mass is 283 g/mol. The minimum atomic E-state index is 0.677. The Kier molecular flexibility index (Phi) is 5.05. The molecule has 0 radical (unpaired) electrons. The van der Waals surface area contributed by atoms with Gasteiger partial charge in [0, 0.05) is 35.5 Å². The van der Waals surface area contributed by atoms with Gasteiger partial charge in [0.05, 0.1) is 0 Å². The Bertz CT molecular complexity index is 463. The van der Waals surface area contributed by atoms with Gasteiger partial charge in [-0.25, -0.2) is 0 Å². The van der Waals surface area contributed by atoms with Gasteiger partial charge in [-0.1, -0.05) is 23.2 Å². The number of aromatic nitrogens is 2. The number of benzene rings is 1. The van der Waals surface area contributed by atoms with E-state index in [1.807, 2.05) is 29.1 Å². The predicted octanol–water partition coefficient (Wildman–Crippen LogP) is 3.37. The highest BCUT2D eigenvalue weighted by Crippen LogP contribution is 2.18. The molecule has 0 aliphatic carbocycles. The Morgan fingerprint density at radius 1 is 1.17 bits per heavy atom. The van der Waals surface area contributed by atoms with E-state index in [-0.39, 0.29) is 0 Å². The van der Waals surface area contributed by atoms with Crippen LogP contribution >= 0.6 is 23.2 Å². The van der Waals surface area contributed by atoms with Crippen LogP contribution < -0.4 is 5.32 Å². The van der Waals surface area contributed by atoms with E-state index in [1.165, 1.54) is 0 Å². The topological polar surface area (TPSA) is 29.9 Å². The number of hydrogen-bond donors (Lipinski definition) is 1. The standard InChI is InChI=1S/C13H15Cl2N3/c14-12-7-11(8-13(15)9-12)10-16-3-1-5-18-6-2-4-17-18/h2,4,6-9,16H,1,3,5,10H2. The first-order valence-corrected chi connectivity index (χ1v) is 6.63. The predicted molar refractivity (Wildman–Crippen MR) is 75.0 cm³/mol. The van der Waals surface area contributed by atoms with Crippen LogP contribution in [0.3, 0.4) is 0 Å². The molecule has 0 saturated carbocycles. The molecule has 0 bridgehead atoms. The molecule has 0 saturated heterocycles. The van der Waals surface area contributed by atoms with Gasteiger partial charge >= 0.3 is 0 Å². The molecular weight excluding hydrogens is 269 g/mol. The van der Waals surface area contributed by atoms with Crippen molar-refractivity contribution in [3.63, 3.8) is 0 Å². The van der Waals surface area contributed by atoms with E-state index in [2.05, 4.69) is 10.4 Å². The Morgan fingerprint density at radius 2 is 1.94 bits per heavy atom. The molecule has 0 unspecified atom stereocenters. The first-order chi connectivity index (χ1) is 8.74. The molecule has 1 N–H and O–H groups in total. The average molecular weight is 284 g/mol. The lowest BCUT2D eigenvalue weighted by Crippen LogP contribution is -2.16. The fourth-order valence-corrected chi connectivity index (χ4v) is 2.32. The Hall–Kier alpha value is -1.03. The molecule has 1 aromatic heterocycles. The minimum absolute atomic E-state index is 0.677. The molecule has 0 fully saturated rings. The van der Waals surface area contributed by atoms with Crippen LogP contribution in [0, 0.1) is 0 Å².